The van der Waals surface area contributed by atoms with Gasteiger partial charge >= 0.3 is 0 Å². The summed E-state index contributed by atoms with van der Waals surface area (Å²) in [4.78, 5) is 0. The summed E-state index contributed by atoms with van der Waals surface area (Å²) in [6.45, 7) is 0. The standard InChI is InChI=1S/C48H31N.C47H29NO.C46H28N2O/c1-2-12-31(13-3-1)48-39-19-9-8-18-38(39)42-26-32(21-23-40(42)48)33-22-24-46-43(27-33)44-29-41-35(25-34-14-5-6-16-36(34)41)28-47(44)49(46)45-20-10-15-30-11-4-7-17-37(30)45;1-2-12-30(13-3-1)45-36-18-7-6-16-34(36)40-27-31(21-23-37(40)45)32-22-26-43-41(28-32)38-24-25-39-35-17-8-9-20-44(35)49-47(39)46(38)48(43)42-19-10-14-29-11-4-5-15-33(29)42;1-2-13-32(14-3-1)47-40-18-8-6-16-34(40)37-27-30(21-24-41(37)47)31-22-25-42-38(28-31)35-23-26-44-45(36-17-7-9-20-43(36)49-44)46(35)48(42)39-19-10-12-29-11-4-5-15-33(29)39/h1-24,26-29,48H,25H2;1-28,45H;1-28H. The molecular weight excluding hydrogens is 1780 g/mol. The minimum Gasteiger partial charge on any atom is -0.456 e. The number of aromatic nitrogens is 4. The van der Waals surface area contributed by atoms with E-state index in [4.69, 9.17) is 8.83 Å². The molecule has 33 rings (SSSR count). The number of nitrogens with zero attached hydrogens (tertiary/aromatic N) is 4. The van der Waals surface area contributed by atoms with Crippen LogP contribution in [0, 0.1) is 0 Å². The third-order valence-electron chi connectivity index (χ3n) is 32.0. The molecule has 0 spiro atoms. The Morgan fingerprint density at radius 2 is 0.565 bits per heavy atom. The van der Waals surface area contributed by atoms with Crippen molar-refractivity contribution in [3.8, 4) is 89.5 Å². The predicted octanol–water partition coefficient (Wildman–Crippen LogP) is 37.6. The first kappa shape index (κ1) is 82.6. The largest absolute Gasteiger partial charge is 0.456 e. The van der Waals surface area contributed by atoms with Crippen molar-refractivity contribution in [2.24, 2.45) is 0 Å². The second-order valence-electron chi connectivity index (χ2n) is 39.8. The Bertz CT molecular complexity index is 10800. The van der Waals surface area contributed by atoms with Gasteiger partial charge in [0, 0.05) is 92.9 Å². The average Bonchev–Trinajstić information content (AvgIpc) is 1.55. The SMILES string of the molecule is c1ccc(-n2c3ccccc3c3cc(-c4ccc5c(c4)c4ccc6oc7ccccc7c6c4n5-c4cccc5ccccc45)ccc32)cc1.c1ccc(C2c3ccccc3-c3cc(-c4ccc5c(c4)c4cc6c(cc4n5-c4cccc5ccccc45)Cc4ccccc4-6)ccc32)cc1.c1ccc(C2c3ccccc3-c3cc(-c4ccc5c(c4)c4ccc6c7ccccc7oc6c4n5-c4cccc5ccccc45)ccc32)cc1. The van der Waals surface area contributed by atoms with Gasteiger partial charge in [-0.3, -0.25) is 0 Å². The average molecular weight is 1870 g/mol. The highest BCUT2D eigenvalue weighted by Crippen LogP contribution is 2.55. The number of fused-ring (bicyclic) bond motifs is 32. The van der Waals surface area contributed by atoms with Gasteiger partial charge in [-0.05, 0) is 273 Å². The van der Waals surface area contributed by atoms with Crippen molar-refractivity contribution in [1.82, 2.24) is 18.3 Å². The Hall–Kier alpha value is -19.1. The summed E-state index contributed by atoms with van der Waals surface area (Å²) in [6.07, 6.45) is 0.977. The van der Waals surface area contributed by atoms with Gasteiger partial charge < -0.3 is 27.1 Å². The predicted molar refractivity (Wildman–Crippen MR) is 614 cm³/mol. The van der Waals surface area contributed by atoms with E-state index < -0.39 is 0 Å². The highest BCUT2D eigenvalue weighted by atomic mass is 16.3. The molecule has 0 saturated heterocycles. The summed E-state index contributed by atoms with van der Waals surface area (Å²) in [6, 6.07) is 187. The zero-order chi connectivity index (χ0) is 96.2. The summed E-state index contributed by atoms with van der Waals surface area (Å²) in [5.41, 5.74) is 44.3. The van der Waals surface area contributed by atoms with Crippen LogP contribution in [-0.4, -0.2) is 18.3 Å². The van der Waals surface area contributed by atoms with Crippen LogP contribution in [0.2, 0.25) is 0 Å². The van der Waals surface area contributed by atoms with E-state index in [1.54, 1.807) is 0 Å². The second-order valence-corrected chi connectivity index (χ2v) is 39.8. The third-order valence-corrected chi connectivity index (χ3v) is 32.0. The van der Waals surface area contributed by atoms with Gasteiger partial charge in [0.1, 0.15) is 16.7 Å². The zero-order valence-corrected chi connectivity index (χ0v) is 80.0. The molecule has 0 bridgehead atoms. The first-order valence-corrected chi connectivity index (χ1v) is 51.0. The van der Waals surface area contributed by atoms with Crippen molar-refractivity contribution in [1.29, 1.82) is 0 Å². The quantitative estimate of drug-likeness (QED) is 0.145. The molecule has 30 aromatic rings. The van der Waals surface area contributed by atoms with E-state index >= 15 is 0 Å². The number of furan rings is 2. The molecule has 6 heterocycles. The Kier molecular flexibility index (Phi) is 18.4. The van der Waals surface area contributed by atoms with Crippen LogP contribution in [0.15, 0.2) is 518 Å². The van der Waals surface area contributed by atoms with E-state index in [0.717, 1.165) is 61.5 Å². The summed E-state index contributed by atoms with van der Waals surface area (Å²) in [5, 5.41) is 21.9. The number of hydrogen-bond acceptors (Lipinski definition) is 2. The molecule has 2 atom stereocenters. The van der Waals surface area contributed by atoms with E-state index in [-0.39, 0.29) is 11.8 Å². The first-order valence-electron chi connectivity index (χ1n) is 51.0. The molecule has 684 valence electrons. The maximum atomic E-state index is 6.69. The molecule has 0 aliphatic heterocycles. The van der Waals surface area contributed by atoms with Gasteiger partial charge in [-0.2, -0.15) is 0 Å². The van der Waals surface area contributed by atoms with Crippen LogP contribution in [0.3, 0.4) is 0 Å². The minimum atomic E-state index is 0.244. The maximum Gasteiger partial charge on any atom is 0.160 e. The normalized spacial score (nSPS) is 13.4. The molecule has 0 fully saturated rings. The van der Waals surface area contributed by atoms with Crippen molar-refractivity contribution in [2.75, 3.05) is 0 Å². The molecule has 2 unspecified atom stereocenters. The summed E-state index contributed by atoms with van der Waals surface area (Å²) < 4.78 is 22.9. The van der Waals surface area contributed by atoms with Crippen molar-refractivity contribution < 1.29 is 8.83 Å². The molecule has 6 heteroatoms. The van der Waals surface area contributed by atoms with E-state index in [9.17, 15) is 0 Å². The van der Waals surface area contributed by atoms with Crippen LogP contribution >= 0.6 is 0 Å². The Labute approximate surface area is 846 Å². The topological polar surface area (TPSA) is 46.0 Å². The molecule has 0 N–H and O–H groups in total. The van der Waals surface area contributed by atoms with Gasteiger partial charge in [0.15, 0.2) is 5.58 Å². The number of rotatable bonds is 9. The number of para-hydroxylation sites is 4. The molecular formula is C141H88N4O2. The van der Waals surface area contributed by atoms with Gasteiger partial charge in [-0.1, -0.05) is 370 Å². The Morgan fingerprint density at radius 3 is 1.14 bits per heavy atom. The lowest BCUT2D eigenvalue weighted by molar-refractivity contribution is 0.669. The fraction of sp³-hybridized carbons (Fsp3) is 0.0213. The highest BCUT2D eigenvalue weighted by molar-refractivity contribution is 6.27. The molecule has 3 aliphatic rings. The van der Waals surface area contributed by atoms with Gasteiger partial charge in [0.2, 0.25) is 0 Å². The van der Waals surface area contributed by atoms with Gasteiger partial charge in [0.25, 0.3) is 0 Å². The molecule has 0 radical (unpaired) electrons. The fourth-order valence-corrected chi connectivity index (χ4v) is 25.5. The van der Waals surface area contributed by atoms with Crippen molar-refractivity contribution in [2.45, 2.75) is 18.3 Å². The van der Waals surface area contributed by atoms with Crippen LogP contribution in [-0.2, 0) is 6.42 Å². The molecule has 3 aliphatic carbocycles. The van der Waals surface area contributed by atoms with Crippen molar-refractivity contribution >= 4 is 163 Å². The molecule has 6 aromatic heterocycles. The molecule has 147 heavy (non-hydrogen) atoms. The van der Waals surface area contributed by atoms with E-state index in [0.29, 0.717) is 0 Å². The maximum absolute atomic E-state index is 6.69. The lowest BCUT2D eigenvalue weighted by atomic mass is 9.89. The Balaban J connectivity index is 0.0000000999. The van der Waals surface area contributed by atoms with Gasteiger partial charge in [0.05, 0.1) is 66.6 Å². The van der Waals surface area contributed by atoms with Crippen molar-refractivity contribution in [3.63, 3.8) is 0 Å². The van der Waals surface area contributed by atoms with E-state index in [2.05, 4.69) is 516 Å². The minimum absolute atomic E-state index is 0.244. The molecule has 0 amide bonds. The highest BCUT2D eigenvalue weighted by Gasteiger charge is 2.34. The van der Waals surface area contributed by atoms with Crippen LogP contribution in [0.1, 0.15) is 56.3 Å². The van der Waals surface area contributed by atoms with Crippen LogP contribution in [0.4, 0.5) is 0 Å². The van der Waals surface area contributed by atoms with Crippen molar-refractivity contribution in [3.05, 3.63) is 554 Å². The molecule has 24 aromatic carbocycles. The Morgan fingerprint density at radius 1 is 0.184 bits per heavy atom. The lowest BCUT2D eigenvalue weighted by Gasteiger charge is -2.14. The molecule has 6 nitrogen and oxygen atoms in total. The third kappa shape index (κ3) is 12.7. The van der Waals surface area contributed by atoms with E-state index in [1.807, 2.05) is 12.1 Å². The van der Waals surface area contributed by atoms with Gasteiger partial charge in [-0.25, -0.2) is 0 Å². The van der Waals surface area contributed by atoms with Gasteiger partial charge in [-0.15, -0.1) is 0 Å². The second kappa shape index (κ2) is 32.7. The number of benzene rings is 24. The fourth-order valence-electron chi connectivity index (χ4n) is 25.5. The van der Waals surface area contributed by atoms with Crippen LogP contribution < -0.4 is 0 Å². The summed E-state index contributed by atoms with van der Waals surface area (Å²) in [7, 11) is 0. The van der Waals surface area contributed by atoms with Crippen LogP contribution in [0.5, 0.6) is 0 Å². The zero-order valence-electron chi connectivity index (χ0n) is 80.0. The first-order chi connectivity index (χ1) is 72.9. The van der Waals surface area contributed by atoms with E-state index in [1.165, 1.54) is 242 Å². The van der Waals surface area contributed by atoms with Crippen LogP contribution in [0.25, 0.3) is 253 Å². The monoisotopic (exact) mass is 1870 g/mol. The lowest BCUT2D eigenvalue weighted by Crippen LogP contribution is -1.98. The number of hydrogen-bond donors (Lipinski definition) is 0. The summed E-state index contributed by atoms with van der Waals surface area (Å²) >= 11 is 0. The smallest absolute Gasteiger partial charge is 0.160 e. The molecule has 0 saturated carbocycles. The summed E-state index contributed by atoms with van der Waals surface area (Å²) in [5.74, 6) is 0.501.